The number of rotatable bonds is 1. The lowest BCUT2D eigenvalue weighted by Gasteiger charge is -2.19. The summed E-state index contributed by atoms with van der Waals surface area (Å²) in [6.45, 7) is 6.65. The van der Waals surface area contributed by atoms with Crippen molar-refractivity contribution < 1.29 is 5.11 Å². The third-order valence-electron chi connectivity index (χ3n) is 2.96. The van der Waals surface area contributed by atoms with Crippen molar-refractivity contribution in [2.75, 3.05) is 0 Å². The summed E-state index contributed by atoms with van der Waals surface area (Å²) in [4.78, 5) is 0. The van der Waals surface area contributed by atoms with E-state index in [1.54, 1.807) is 0 Å². The molecule has 1 N–H and O–H groups in total. The maximum Gasteiger partial charge on any atom is 0.0616 e. The van der Waals surface area contributed by atoms with Crippen LogP contribution in [0.15, 0.2) is 24.3 Å². The Morgan fingerprint density at radius 1 is 1.14 bits per heavy atom. The lowest BCUT2D eigenvalue weighted by molar-refractivity contribution is 0.272. The normalized spacial score (nSPS) is 26.3. The zero-order chi connectivity index (χ0) is 10.3. The third kappa shape index (κ3) is 1.83. The minimum Gasteiger partial charge on any atom is -0.392 e. The molecule has 2 rings (SSSR count). The van der Waals surface area contributed by atoms with Crippen molar-refractivity contribution >= 4 is 0 Å². The second kappa shape index (κ2) is 3.09. The Labute approximate surface area is 85.8 Å². The zero-order valence-corrected chi connectivity index (χ0v) is 9.12. The average molecular weight is 190 g/mol. The van der Waals surface area contributed by atoms with Crippen molar-refractivity contribution in [2.24, 2.45) is 0 Å². The molecule has 0 radical (unpaired) electrons. The van der Waals surface area contributed by atoms with Crippen molar-refractivity contribution in [1.29, 1.82) is 0 Å². The molecule has 1 aliphatic rings. The molecule has 14 heavy (non-hydrogen) atoms. The topological polar surface area (TPSA) is 20.2 Å². The van der Waals surface area contributed by atoms with Crippen LogP contribution in [0.1, 0.15) is 44.2 Å². The highest BCUT2D eigenvalue weighted by molar-refractivity contribution is 5.32. The van der Waals surface area contributed by atoms with E-state index in [-0.39, 0.29) is 11.5 Å². The van der Waals surface area contributed by atoms with Gasteiger partial charge in [0.1, 0.15) is 0 Å². The van der Waals surface area contributed by atoms with E-state index >= 15 is 0 Å². The molecule has 0 bridgehead atoms. The highest BCUT2D eigenvalue weighted by Gasteiger charge is 2.36. The van der Waals surface area contributed by atoms with Crippen molar-refractivity contribution in [2.45, 2.75) is 44.6 Å². The van der Waals surface area contributed by atoms with Gasteiger partial charge in [-0.05, 0) is 23.0 Å². The number of aliphatic hydroxyl groups is 1. The first-order valence-electron chi connectivity index (χ1n) is 5.27. The molecule has 0 spiro atoms. The first-order valence-corrected chi connectivity index (χ1v) is 5.27. The SMILES string of the molecule is CC(C)(C)c1ccc(C2CC2O)cc1. The molecule has 0 aromatic heterocycles. The van der Waals surface area contributed by atoms with E-state index < -0.39 is 0 Å². The molecule has 1 aromatic rings. The van der Waals surface area contributed by atoms with Gasteiger partial charge in [-0.2, -0.15) is 0 Å². The van der Waals surface area contributed by atoms with Crippen LogP contribution in [0.2, 0.25) is 0 Å². The van der Waals surface area contributed by atoms with E-state index in [0.717, 1.165) is 6.42 Å². The first kappa shape index (κ1) is 9.72. The van der Waals surface area contributed by atoms with Crippen molar-refractivity contribution in [1.82, 2.24) is 0 Å². The monoisotopic (exact) mass is 190 g/mol. The fourth-order valence-electron chi connectivity index (χ4n) is 1.77. The molecule has 1 saturated carbocycles. The maximum absolute atomic E-state index is 9.31. The van der Waals surface area contributed by atoms with Crippen molar-refractivity contribution in [3.8, 4) is 0 Å². The maximum atomic E-state index is 9.31. The number of aliphatic hydroxyl groups excluding tert-OH is 1. The van der Waals surface area contributed by atoms with Crippen molar-refractivity contribution in [3.05, 3.63) is 35.4 Å². The van der Waals surface area contributed by atoms with E-state index in [0.29, 0.717) is 5.92 Å². The van der Waals surface area contributed by atoms with Gasteiger partial charge in [0.25, 0.3) is 0 Å². The number of benzene rings is 1. The molecule has 76 valence electrons. The van der Waals surface area contributed by atoms with Crippen LogP contribution in [0.3, 0.4) is 0 Å². The van der Waals surface area contributed by atoms with Gasteiger partial charge in [0, 0.05) is 5.92 Å². The van der Waals surface area contributed by atoms with Gasteiger partial charge in [0.05, 0.1) is 6.10 Å². The van der Waals surface area contributed by atoms with Gasteiger partial charge in [-0.15, -0.1) is 0 Å². The average Bonchev–Trinajstić information content (AvgIpc) is 2.81. The molecule has 1 fully saturated rings. The molecular formula is C13H18O. The molecule has 1 aliphatic carbocycles. The van der Waals surface area contributed by atoms with E-state index in [4.69, 9.17) is 0 Å². The second-order valence-electron chi connectivity index (χ2n) is 5.28. The second-order valence-corrected chi connectivity index (χ2v) is 5.28. The highest BCUT2D eigenvalue weighted by Crippen LogP contribution is 2.40. The van der Waals surface area contributed by atoms with Crippen LogP contribution >= 0.6 is 0 Å². The largest absolute Gasteiger partial charge is 0.392 e. The molecule has 0 heterocycles. The summed E-state index contributed by atoms with van der Waals surface area (Å²) in [5, 5.41) is 9.31. The summed E-state index contributed by atoms with van der Waals surface area (Å²) in [6.07, 6.45) is 0.852. The molecule has 1 heteroatoms. The third-order valence-corrected chi connectivity index (χ3v) is 2.96. The fourth-order valence-corrected chi connectivity index (χ4v) is 1.77. The van der Waals surface area contributed by atoms with Crippen LogP contribution in [0.4, 0.5) is 0 Å². The molecule has 0 aliphatic heterocycles. The molecule has 0 saturated heterocycles. The van der Waals surface area contributed by atoms with Crippen LogP contribution in [0.5, 0.6) is 0 Å². The molecule has 1 aromatic carbocycles. The van der Waals surface area contributed by atoms with Gasteiger partial charge in [-0.25, -0.2) is 0 Å². The van der Waals surface area contributed by atoms with Crippen LogP contribution in [0.25, 0.3) is 0 Å². The van der Waals surface area contributed by atoms with E-state index in [1.807, 2.05) is 0 Å². The predicted octanol–water partition coefficient (Wildman–Crippen LogP) is 2.83. The van der Waals surface area contributed by atoms with Gasteiger partial charge in [0.2, 0.25) is 0 Å². The molecule has 0 amide bonds. The Balaban J connectivity index is 2.18. The summed E-state index contributed by atoms with van der Waals surface area (Å²) >= 11 is 0. The summed E-state index contributed by atoms with van der Waals surface area (Å²) in [5.41, 5.74) is 2.86. The molecule has 2 atom stereocenters. The van der Waals surface area contributed by atoms with Gasteiger partial charge < -0.3 is 5.11 Å². The minimum atomic E-state index is -0.0875. The van der Waals surface area contributed by atoms with Crippen molar-refractivity contribution in [3.63, 3.8) is 0 Å². The summed E-state index contributed by atoms with van der Waals surface area (Å²) in [6, 6.07) is 8.67. The van der Waals surface area contributed by atoms with Gasteiger partial charge >= 0.3 is 0 Å². The van der Waals surface area contributed by atoms with Crippen LogP contribution in [-0.4, -0.2) is 11.2 Å². The first-order chi connectivity index (χ1) is 6.48. The smallest absolute Gasteiger partial charge is 0.0616 e. The Morgan fingerprint density at radius 2 is 1.64 bits per heavy atom. The summed E-state index contributed by atoms with van der Waals surface area (Å²) in [7, 11) is 0. The number of hydrogen-bond donors (Lipinski definition) is 1. The lowest BCUT2D eigenvalue weighted by atomic mass is 9.86. The Bertz CT molecular complexity index is 318. The standard InChI is InChI=1S/C13H18O/c1-13(2,3)10-6-4-9(5-7-10)11-8-12(11)14/h4-7,11-12,14H,8H2,1-3H3. The molecule has 1 nitrogen and oxygen atoms in total. The molecule has 2 unspecified atom stereocenters. The van der Waals surface area contributed by atoms with E-state index in [9.17, 15) is 5.11 Å². The van der Waals surface area contributed by atoms with Crippen LogP contribution < -0.4 is 0 Å². The summed E-state index contributed by atoms with van der Waals surface area (Å²) in [5.74, 6) is 0.406. The van der Waals surface area contributed by atoms with Gasteiger partial charge in [0.15, 0.2) is 0 Å². The Kier molecular flexibility index (Phi) is 2.15. The fraction of sp³-hybridized carbons (Fsp3) is 0.538. The van der Waals surface area contributed by atoms with Gasteiger partial charge in [-0.1, -0.05) is 45.0 Å². The van der Waals surface area contributed by atoms with E-state index in [1.165, 1.54) is 11.1 Å². The molecular weight excluding hydrogens is 172 g/mol. The van der Waals surface area contributed by atoms with Gasteiger partial charge in [-0.3, -0.25) is 0 Å². The predicted molar refractivity (Wildman–Crippen MR) is 58.5 cm³/mol. The Hall–Kier alpha value is -0.820. The Morgan fingerprint density at radius 3 is 2.00 bits per heavy atom. The number of hydrogen-bond acceptors (Lipinski definition) is 1. The minimum absolute atomic E-state index is 0.0875. The van der Waals surface area contributed by atoms with E-state index in [2.05, 4.69) is 45.0 Å². The lowest BCUT2D eigenvalue weighted by Crippen LogP contribution is -2.10. The summed E-state index contributed by atoms with van der Waals surface area (Å²) < 4.78 is 0. The zero-order valence-electron chi connectivity index (χ0n) is 9.12. The quantitative estimate of drug-likeness (QED) is 0.722. The highest BCUT2D eigenvalue weighted by atomic mass is 16.3. The van der Waals surface area contributed by atoms with Crippen LogP contribution in [0, 0.1) is 0 Å². The van der Waals surface area contributed by atoms with Crippen LogP contribution in [-0.2, 0) is 5.41 Å².